The van der Waals surface area contributed by atoms with Gasteiger partial charge in [0.25, 0.3) is 0 Å². The van der Waals surface area contributed by atoms with Crippen LogP contribution in [0, 0.1) is 5.92 Å². The van der Waals surface area contributed by atoms with Crippen LogP contribution >= 0.6 is 0 Å². The second-order valence-electron chi connectivity index (χ2n) is 9.91. The smallest absolute Gasteiger partial charge is 0.373 e. The summed E-state index contributed by atoms with van der Waals surface area (Å²) in [5.41, 5.74) is -0.634. The molecule has 1 fully saturated rings. The number of benzene rings is 1. The average Bonchev–Trinajstić information content (AvgIpc) is 2.86. The van der Waals surface area contributed by atoms with Gasteiger partial charge in [0, 0.05) is 52.3 Å². The molecule has 0 aliphatic heterocycles. The molecular formula is C26H38F3N7O. The molecule has 3 rings (SSSR count). The molecule has 1 aromatic carbocycles. The van der Waals surface area contributed by atoms with E-state index in [0.29, 0.717) is 12.4 Å². The summed E-state index contributed by atoms with van der Waals surface area (Å²) in [6.07, 6.45) is -0.683. The van der Waals surface area contributed by atoms with Crippen molar-refractivity contribution in [1.82, 2.24) is 20.2 Å². The first-order valence-electron chi connectivity index (χ1n) is 12.7. The van der Waals surface area contributed by atoms with Crippen molar-refractivity contribution < 1.29 is 18.0 Å². The number of likely N-dealkylation sites (N-methyl/N-ethyl adjacent to an activating group) is 2. The summed E-state index contributed by atoms with van der Waals surface area (Å²) in [5.74, 6) is 2.13. The van der Waals surface area contributed by atoms with Crippen LogP contribution in [-0.2, 0) is 17.5 Å². The number of nitrogens with zero attached hydrogens (tertiary/aromatic N) is 4. The standard InChI is InChI=1S/C26H38F3N7O/c1-30-22-16-23(36(4)14-13-35(2)3)34-25(33-22)32-20-11-9-18(10-12-20)15-24(37)31-17-19-7-5-6-8-21(19)26(27,28)29/h5-8,16,18,20H,9-15,17H2,1-4H3,(H,31,37)(H2,30,32,33,34). The maximum atomic E-state index is 13.2. The fourth-order valence-corrected chi connectivity index (χ4v) is 4.46. The van der Waals surface area contributed by atoms with Gasteiger partial charge in [-0.15, -0.1) is 0 Å². The molecule has 1 saturated carbocycles. The molecule has 0 atom stereocenters. The first kappa shape index (κ1) is 28.5. The van der Waals surface area contributed by atoms with Gasteiger partial charge in [0.15, 0.2) is 0 Å². The van der Waals surface area contributed by atoms with Crippen LogP contribution in [0.2, 0.25) is 0 Å². The summed E-state index contributed by atoms with van der Waals surface area (Å²) in [7, 11) is 7.90. The lowest BCUT2D eigenvalue weighted by molar-refractivity contribution is -0.138. The summed E-state index contributed by atoms with van der Waals surface area (Å²) >= 11 is 0. The van der Waals surface area contributed by atoms with Crippen molar-refractivity contribution in [3.63, 3.8) is 0 Å². The molecule has 0 spiro atoms. The molecule has 1 amide bonds. The Balaban J connectivity index is 1.48. The number of rotatable bonds is 11. The quantitative estimate of drug-likeness (QED) is 0.408. The minimum absolute atomic E-state index is 0.0757. The van der Waals surface area contributed by atoms with Crippen LogP contribution in [0.3, 0.4) is 0 Å². The number of halogens is 3. The molecule has 2 aromatic rings. The van der Waals surface area contributed by atoms with Crippen LogP contribution < -0.4 is 20.9 Å². The Morgan fingerprint density at radius 1 is 1.05 bits per heavy atom. The molecule has 37 heavy (non-hydrogen) atoms. The number of hydrogen-bond acceptors (Lipinski definition) is 7. The molecule has 1 heterocycles. The zero-order chi connectivity index (χ0) is 27.0. The third-order valence-electron chi connectivity index (χ3n) is 6.70. The molecule has 0 unspecified atom stereocenters. The van der Waals surface area contributed by atoms with Crippen LogP contribution in [0.4, 0.5) is 30.8 Å². The maximum Gasteiger partial charge on any atom is 0.416 e. The third-order valence-corrected chi connectivity index (χ3v) is 6.70. The van der Waals surface area contributed by atoms with E-state index in [2.05, 4.69) is 30.7 Å². The van der Waals surface area contributed by atoms with Gasteiger partial charge in [0.1, 0.15) is 11.6 Å². The highest BCUT2D eigenvalue weighted by Crippen LogP contribution is 2.32. The Labute approximate surface area is 217 Å². The van der Waals surface area contributed by atoms with Crippen LogP contribution in [0.1, 0.15) is 43.2 Å². The molecule has 1 aliphatic rings. The molecule has 8 nitrogen and oxygen atoms in total. The van der Waals surface area contributed by atoms with Gasteiger partial charge in [0.2, 0.25) is 11.9 Å². The van der Waals surface area contributed by atoms with Crippen molar-refractivity contribution >= 4 is 23.5 Å². The van der Waals surface area contributed by atoms with Gasteiger partial charge in [-0.25, -0.2) is 0 Å². The predicted molar refractivity (Wildman–Crippen MR) is 141 cm³/mol. The van der Waals surface area contributed by atoms with Crippen molar-refractivity contribution in [2.24, 2.45) is 5.92 Å². The van der Waals surface area contributed by atoms with Crippen molar-refractivity contribution in [3.8, 4) is 0 Å². The van der Waals surface area contributed by atoms with E-state index < -0.39 is 11.7 Å². The second-order valence-corrected chi connectivity index (χ2v) is 9.91. The lowest BCUT2D eigenvalue weighted by Crippen LogP contribution is -2.31. The van der Waals surface area contributed by atoms with Gasteiger partial charge < -0.3 is 25.8 Å². The monoisotopic (exact) mass is 521 g/mol. The number of carbonyl (C=O) groups is 1. The highest BCUT2D eigenvalue weighted by atomic mass is 19.4. The van der Waals surface area contributed by atoms with Gasteiger partial charge in [-0.1, -0.05) is 18.2 Å². The summed E-state index contributed by atoms with van der Waals surface area (Å²) in [5, 5.41) is 9.21. The average molecular weight is 522 g/mol. The van der Waals surface area contributed by atoms with E-state index in [-0.39, 0.29) is 30.0 Å². The number of anilines is 3. The predicted octanol–water partition coefficient (Wildman–Crippen LogP) is 4.21. The van der Waals surface area contributed by atoms with Gasteiger partial charge >= 0.3 is 6.18 Å². The van der Waals surface area contributed by atoms with Crippen LogP contribution in [-0.4, -0.2) is 68.1 Å². The number of nitrogens with one attached hydrogen (secondary N) is 3. The summed E-state index contributed by atoms with van der Waals surface area (Å²) in [6.45, 7) is 1.61. The number of aromatic nitrogens is 2. The van der Waals surface area contributed by atoms with E-state index in [9.17, 15) is 18.0 Å². The molecule has 0 radical (unpaired) electrons. The fraction of sp³-hybridized carbons (Fsp3) is 0.577. The highest BCUT2D eigenvalue weighted by molar-refractivity contribution is 5.76. The number of amides is 1. The Hall–Kier alpha value is -3.08. The molecule has 0 bridgehead atoms. The van der Waals surface area contributed by atoms with E-state index in [4.69, 9.17) is 4.98 Å². The van der Waals surface area contributed by atoms with Crippen LogP contribution in [0.5, 0.6) is 0 Å². The first-order valence-corrected chi connectivity index (χ1v) is 12.7. The van der Waals surface area contributed by atoms with Crippen molar-refractivity contribution in [2.45, 2.75) is 50.9 Å². The zero-order valence-corrected chi connectivity index (χ0v) is 22.0. The van der Waals surface area contributed by atoms with Crippen molar-refractivity contribution in [2.75, 3.05) is 56.8 Å². The maximum absolute atomic E-state index is 13.2. The Morgan fingerprint density at radius 3 is 2.41 bits per heavy atom. The van der Waals surface area contributed by atoms with E-state index in [0.717, 1.165) is 56.5 Å². The summed E-state index contributed by atoms with van der Waals surface area (Å²) < 4.78 is 39.5. The molecule has 1 aromatic heterocycles. The highest BCUT2D eigenvalue weighted by Gasteiger charge is 2.33. The number of alkyl halides is 3. The van der Waals surface area contributed by atoms with Crippen LogP contribution in [0.25, 0.3) is 0 Å². The van der Waals surface area contributed by atoms with E-state index in [1.807, 2.05) is 34.3 Å². The van der Waals surface area contributed by atoms with E-state index >= 15 is 0 Å². The van der Waals surface area contributed by atoms with Gasteiger partial charge in [-0.05, 0) is 57.3 Å². The topological polar surface area (TPSA) is 85.4 Å². The number of hydrogen-bond donors (Lipinski definition) is 3. The minimum atomic E-state index is -4.44. The Bertz CT molecular complexity index is 1020. The number of carbonyl (C=O) groups excluding carboxylic acids is 1. The first-order chi connectivity index (χ1) is 17.5. The Morgan fingerprint density at radius 2 is 1.76 bits per heavy atom. The molecule has 11 heteroatoms. The SMILES string of the molecule is CNc1cc(N(C)CCN(C)C)nc(NC2CCC(CC(=O)NCc3ccccc3C(F)(F)F)CC2)n1. The lowest BCUT2D eigenvalue weighted by atomic mass is 9.84. The molecule has 3 N–H and O–H groups in total. The summed E-state index contributed by atoms with van der Waals surface area (Å²) in [6, 6.07) is 7.46. The third kappa shape index (κ3) is 8.77. The van der Waals surface area contributed by atoms with E-state index in [1.54, 1.807) is 6.07 Å². The van der Waals surface area contributed by atoms with Gasteiger partial charge in [-0.2, -0.15) is 23.1 Å². The second kappa shape index (κ2) is 12.9. The zero-order valence-electron chi connectivity index (χ0n) is 22.0. The molecule has 204 valence electrons. The van der Waals surface area contributed by atoms with Crippen molar-refractivity contribution in [3.05, 3.63) is 41.5 Å². The summed E-state index contributed by atoms with van der Waals surface area (Å²) in [4.78, 5) is 25.9. The normalized spacial score (nSPS) is 17.9. The lowest BCUT2D eigenvalue weighted by Gasteiger charge is -2.29. The molecule has 0 saturated heterocycles. The van der Waals surface area contributed by atoms with Crippen LogP contribution in [0.15, 0.2) is 30.3 Å². The molecule has 1 aliphatic carbocycles. The Kier molecular flexibility index (Phi) is 9.96. The van der Waals surface area contributed by atoms with Gasteiger partial charge in [0.05, 0.1) is 5.56 Å². The van der Waals surface area contributed by atoms with Gasteiger partial charge in [-0.3, -0.25) is 4.79 Å². The fourth-order valence-electron chi connectivity index (χ4n) is 4.46. The minimum Gasteiger partial charge on any atom is -0.373 e. The van der Waals surface area contributed by atoms with Crippen molar-refractivity contribution in [1.29, 1.82) is 0 Å². The molecular weight excluding hydrogens is 483 g/mol. The largest absolute Gasteiger partial charge is 0.416 e. The van der Waals surface area contributed by atoms with E-state index in [1.165, 1.54) is 12.1 Å².